The predicted octanol–water partition coefficient (Wildman–Crippen LogP) is 0.778. The normalized spacial score (nSPS) is 23.7. The van der Waals surface area contributed by atoms with Crippen LogP contribution in [0, 0.1) is 0 Å². The standard InChI is InChI=1S/C17H20N6O2/c24-15(14-11-18-6-7-19-14)22-9-10-25-17(12-22)3-1-8-23(13-17)16-20-4-2-5-21-16/h2,4-7,11H,1,3,8-10,12-13H2. The number of carbonyl (C=O) groups excluding carboxylic acids is 1. The molecule has 0 N–H and O–H groups in total. The van der Waals surface area contributed by atoms with Crippen LogP contribution in [0.5, 0.6) is 0 Å². The van der Waals surface area contributed by atoms with Gasteiger partial charge in [-0.3, -0.25) is 9.78 Å². The highest BCUT2D eigenvalue weighted by atomic mass is 16.5. The number of hydrogen-bond donors (Lipinski definition) is 0. The Kier molecular flexibility index (Phi) is 4.27. The lowest BCUT2D eigenvalue weighted by Crippen LogP contribution is -2.61. The van der Waals surface area contributed by atoms with E-state index in [1.807, 2.05) is 11.0 Å². The van der Waals surface area contributed by atoms with E-state index in [0.29, 0.717) is 37.9 Å². The fourth-order valence-electron chi connectivity index (χ4n) is 3.56. The Bertz CT molecular complexity index is 724. The smallest absolute Gasteiger partial charge is 0.274 e. The van der Waals surface area contributed by atoms with Crippen LogP contribution in [0.1, 0.15) is 23.3 Å². The lowest BCUT2D eigenvalue weighted by molar-refractivity contribution is -0.105. The molecule has 130 valence electrons. The van der Waals surface area contributed by atoms with Gasteiger partial charge in [0.1, 0.15) is 11.3 Å². The van der Waals surface area contributed by atoms with Crippen LogP contribution in [0.4, 0.5) is 5.95 Å². The molecule has 2 aliphatic heterocycles. The van der Waals surface area contributed by atoms with Crippen molar-refractivity contribution in [2.45, 2.75) is 18.4 Å². The molecule has 0 aliphatic carbocycles. The van der Waals surface area contributed by atoms with Crippen LogP contribution in [-0.2, 0) is 4.74 Å². The Hall–Kier alpha value is -2.61. The Morgan fingerprint density at radius 3 is 2.76 bits per heavy atom. The van der Waals surface area contributed by atoms with E-state index < -0.39 is 0 Å². The zero-order valence-corrected chi connectivity index (χ0v) is 13.9. The SMILES string of the molecule is O=C(c1cnccn1)N1CCOC2(CCCN(c3ncccn3)C2)C1. The fourth-order valence-corrected chi connectivity index (χ4v) is 3.56. The number of morpholine rings is 1. The van der Waals surface area contributed by atoms with Crippen molar-refractivity contribution in [1.82, 2.24) is 24.8 Å². The van der Waals surface area contributed by atoms with Gasteiger partial charge >= 0.3 is 0 Å². The van der Waals surface area contributed by atoms with Crippen LogP contribution in [-0.4, -0.2) is 69.1 Å². The maximum atomic E-state index is 12.7. The van der Waals surface area contributed by atoms with Crippen LogP contribution >= 0.6 is 0 Å². The second-order valence-electron chi connectivity index (χ2n) is 6.42. The number of nitrogens with zero attached hydrogens (tertiary/aromatic N) is 6. The van der Waals surface area contributed by atoms with E-state index >= 15 is 0 Å². The molecular weight excluding hydrogens is 320 g/mol. The van der Waals surface area contributed by atoms with Gasteiger partial charge in [-0.05, 0) is 18.9 Å². The summed E-state index contributed by atoms with van der Waals surface area (Å²) in [6.45, 7) is 3.22. The summed E-state index contributed by atoms with van der Waals surface area (Å²) in [5, 5.41) is 0. The van der Waals surface area contributed by atoms with Gasteiger partial charge in [0.25, 0.3) is 5.91 Å². The molecule has 4 heterocycles. The minimum Gasteiger partial charge on any atom is -0.369 e. The van der Waals surface area contributed by atoms with Crippen molar-refractivity contribution in [2.75, 3.05) is 37.7 Å². The predicted molar refractivity (Wildman–Crippen MR) is 90.1 cm³/mol. The van der Waals surface area contributed by atoms with Crippen LogP contribution in [0.2, 0.25) is 0 Å². The molecule has 1 atom stereocenters. The Morgan fingerprint density at radius 2 is 1.96 bits per heavy atom. The summed E-state index contributed by atoms with van der Waals surface area (Å²) in [5.74, 6) is 0.617. The van der Waals surface area contributed by atoms with Crippen molar-refractivity contribution in [3.63, 3.8) is 0 Å². The minimum atomic E-state index is -0.381. The van der Waals surface area contributed by atoms with Crippen molar-refractivity contribution in [1.29, 1.82) is 0 Å². The highest BCUT2D eigenvalue weighted by molar-refractivity contribution is 5.92. The third-order valence-electron chi connectivity index (χ3n) is 4.69. The lowest BCUT2D eigenvalue weighted by Gasteiger charge is -2.47. The first kappa shape index (κ1) is 15.9. The number of ether oxygens (including phenoxy) is 1. The van der Waals surface area contributed by atoms with Gasteiger partial charge in [0, 0.05) is 37.9 Å². The molecule has 2 fully saturated rings. The first-order chi connectivity index (χ1) is 12.3. The average molecular weight is 340 g/mol. The Morgan fingerprint density at radius 1 is 1.08 bits per heavy atom. The molecule has 25 heavy (non-hydrogen) atoms. The lowest BCUT2D eigenvalue weighted by atomic mass is 9.90. The van der Waals surface area contributed by atoms with Crippen LogP contribution < -0.4 is 4.90 Å². The maximum Gasteiger partial charge on any atom is 0.274 e. The second-order valence-corrected chi connectivity index (χ2v) is 6.42. The summed E-state index contributed by atoms with van der Waals surface area (Å²) in [4.78, 5) is 33.5. The van der Waals surface area contributed by atoms with Gasteiger partial charge in [-0.2, -0.15) is 0 Å². The molecule has 0 radical (unpaired) electrons. The summed E-state index contributed by atoms with van der Waals surface area (Å²) in [6.07, 6.45) is 10.0. The van der Waals surface area contributed by atoms with E-state index in [4.69, 9.17) is 4.74 Å². The van der Waals surface area contributed by atoms with E-state index in [1.165, 1.54) is 6.20 Å². The summed E-state index contributed by atoms with van der Waals surface area (Å²) in [6, 6.07) is 1.81. The van der Waals surface area contributed by atoms with Crippen molar-refractivity contribution in [2.24, 2.45) is 0 Å². The number of rotatable bonds is 2. The molecule has 2 saturated heterocycles. The molecule has 0 aromatic carbocycles. The highest BCUT2D eigenvalue weighted by Crippen LogP contribution is 2.30. The maximum absolute atomic E-state index is 12.7. The number of carbonyl (C=O) groups is 1. The highest BCUT2D eigenvalue weighted by Gasteiger charge is 2.42. The first-order valence-corrected chi connectivity index (χ1v) is 8.47. The zero-order valence-electron chi connectivity index (χ0n) is 13.9. The second kappa shape index (κ2) is 6.72. The number of anilines is 1. The molecule has 0 bridgehead atoms. The summed E-state index contributed by atoms with van der Waals surface area (Å²) in [7, 11) is 0. The molecule has 2 aromatic rings. The number of aromatic nitrogens is 4. The topological polar surface area (TPSA) is 84.3 Å². The largest absolute Gasteiger partial charge is 0.369 e. The number of amides is 1. The van der Waals surface area contributed by atoms with Gasteiger partial charge in [-0.15, -0.1) is 0 Å². The molecule has 1 spiro atoms. The molecule has 1 unspecified atom stereocenters. The van der Waals surface area contributed by atoms with Gasteiger partial charge in [0.2, 0.25) is 5.95 Å². The van der Waals surface area contributed by atoms with Crippen molar-refractivity contribution in [3.05, 3.63) is 42.7 Å². The van der Waals surface area contributed by atoms with Gasteiger partial charge < -0.3 is 14.5 Å². The molecule has 8 nitrogen and oxygen atoms in total. The molecule has 4 rings (SSSR count). The quantitative estimate of drug-likeness (QED) is 0.798. The Balaban J connectivity index is 1.51. The molecule has 0 saturated carbocycles. The third kappa shape index (κ3) is 3.30. The summed E-state index contributed by atoms with van der Waals surface area (Å²) < 4.78 is 6.15. The van der Waals surface area contributed by atoms with E-state index in [2.05, 4.69) is 24.8 Å². The van der Waals surface area contributed by atoms with Crippen LogP contribution in [0.15, 0.2) is 37.1 Å². The average Bonchev–Trinajstić information content (AvgIpc) is 2.69. The van der Waals surface area contributed by atoms with E-state index in [0.717, 1.165) is 19.4 Å². The number of hydrogen-bond acceptors (Lipinski definition) is 7. The van der Waals surface area contributed by atoms with Crippen molar-refractivity contribution < 1.29 is 9.53 Å². The van der Waals surface area contributed by atoms with Gasteiger partial charge in [0.05, 0.1) is 25.9 Å². The van der Waals surface area contributed by atoms with E-state index in [1.54, 1.807) is 24.8 Å². The zero-order chi connectivity index (χ0) is 17.1. The van der Waals surface area contributed by atoms with Crippen molar-refractivity contribution >= 4 is 11.9 Å². The van der Waals surface area contributed by atoms with Gasteiger partial charge in [0.15, 0.2) is 0 Å². The number of piperidine rings is 1. The third-order valence-corrected chi connectivity index (χ3v) is 4.69. The molecule has 8 heteroatoms. The molecular formula is C17H20N6O2. The molecule has 2 aliphatic rings. The summed E-state index contributed by atoms with van der Waals surface area (Å²) in [5.41, 5.74) is -0.00767. The van der Waals surface area contributed by atoms with Crippen molar-refractivity contribution in [3.8, 4) is 0 Å². The summed E-state index contributed by atoms with van der Waals surface area (Å²) >= 11 is 0. The van der Waals surface area contributed by atoms with Crippen LogP contribution in [0.25, 0.3) is 0 Å². The van der Waals surface area contributed by atoms with Gasteiger partial charge in [-0.25, -0.2) is 15.0 Å². The van der Waals surface area contributed by atoms with E-state index in [-0.39, 0.29) is 11.5 Å². The Labute approximate surface area is 145 Å². The minimum absolute atomic E-state index is 0.0936. The first-order valence-electron chi connectivity index (χ1n) is 8.47. The molecule has 1 amide bonds. The van der Waals surface area contributed by atoms with Crippen LogP contribution in [0.3, 0.4) is 0 Å². The molecule has 2 aromatic heterocycles. The fraction of sp³-hybridized carbons (Fsp3) is 0.471. The van der Waals surface area contributed by atoms with E-state index in [9.17, 15) is 4.79 Å². The van der Waals surface area contributed by atoms with Gasteiger partial charge in [-0.1, -0.05) is 0 Å². The monoisotopic (exact) mass is 340 g/mol.